The van der Waals surface area contributed by atoms with Gasteiger partial charge in [-0.1, -0.05) is 6.92 Å². The van der Waals surface area contributed by atoms with Crippen molar-refractivity contribution in [3.63, 3.8) is 0 Å². The second-order valence-electron chi connectivity index (χ2n) is 4.90. The zero-order valence-electron chi connectivity index (χ0n) is 11.8. The fourth-order valence-electron chi connectivity index (χ4n) is 2.26. The third kappa shape index (κ3) is 4.13. The summed E-state index contributed by atoms with van der Waals surface area (Å²) in [6.07, 6.45) is 1.11. The minimum absolute atomic E-state index is 0.212. The molecule has 0 radical (unpaired) electrons. The molecule has 3 nitrogen and oxygen atoms in total. The molecule has 2 rings (SSSR count). The molecule has 0 saturated carbocycles. The molecule has 1 aliphatic rings. The summed E-state index contributed by atoms with van der Waals surface area (Å²) in [7, 11) is 0. The van der Waals surface area contributed by atoms with Crippen LogP contribution in [0.2, 0.25) is 0 Å². The first-order valence-corrected chi connectivity index (χ1v) is 8.22. The van der Waals surface area contributed by atoms with E-state index in [1.54, 1.807) is 23.9 Å². The van der Waals surface area contributed by atoms with Gasteiger partial charge in [-0.05, 0) is 36.4 Å². The summed E-state index contributed by atoms with van der Waals surface area (Å²) in [4.78, 5) is 16.1. The quantitative estimate of drug-likeness (QED) is 0.780. The van der Waals surface area contributed by atoms with Gasteiger partial charge in [0.15, 0.2) is 0 Å². The number of anilines is 1. The fourth-order valence-corrected chi connectivity index (χ4v) is 3.05. The smallest absolute Gasteiger partial charge is 0.232 e. The first kappa shape index (κ1) is 15.2. The largest absolute Gasteiger partial charge is 0.368 e. The molecule has 0 unspecified atom stereocenters. The number of carbonyl (C=O) groups excluding carboxylic acids is 1. The zero-order chi connectivity index (χ0) is 14.4. The lowest BCUT2D eigenvalue weighted by molar-refractivity contribution is -0.128. The molecule has 1 aromatic carbocycles. The molecule has 0 bridgehead atoms. The molecule has 20 heavy (non-hydrogen) atoms. The van der Waals surface area contributed by atoms with Crippen LogP contribution < -0.4 is 4.90 Å². The Morgan fingerprint density at radius 2 is 1.85 bits per heavy atom. The van der Waals surface area contributed by atoms with E-state index in [2.05, 4.69) is 11.8 Å². The van der Waals surface area contributed by atoms with Crippen LogP contribution in [0.25, 0.3) is 0 Å². The fraction of sp³-hybridized carbons (Fsp3) is 0.533. The predicted molar refractivity (Wildman–Crippen MR) is 82.8 cm³/mol. The number of halogens is 1. The van der Waals surface area contributed by atoms with Crippen LogP contribution in [0.3, 0.4) is 0 Å². The second-order valence-corrected chi connectivity index (χ2v) is 6.00. The highest BCUT2D eigenvalue weighted by Gasteiger charge is 2.20. The Morgan fingerprint density at radius 3 is 2.45 bits per heavy atom. The summed E-state index contributed by atoms with van der Waals surface area (Å²) in [6.45, 7) is 5.26. The molecule has 1 aromatic rings. The molecule has 1 heterocycles. The van der Waals surface area contributed by atoms with Crippen molar-refractivity contribution < 1.29 is 9.18 Å². The molecule has 0 N–H and O–H groups in total. The van der Waals surface area contributed by atoms with Gasteiger partial charge >= 0.3 is 0 Å². The van der Waals surface area contributed by atoms with Crippen molar-refractivity contribution in [1.29, 1.82) is 0 Å². The zero-order valence-corrected chi connectivity index (χ0v) is 12.7. The highest BCUT2D eigenvalue weighted by molar-refractivity contribution is 7.99. The Hall–Kier alpha value is -1.23. The minimum atomic E-state index is -0.212. The predicted octanol–water partition coefficient (Wildman–Crippen LogP) is 2.62. The minimum Gasteiger partial charge on any atom is -0.368 e. The van der Waals surface area contributed by atoms with Gasteiger partial charge in [0.1, 0.15) is 5.82 Å². The van der Waals surface area contributed by atoms with E-state index in [-0.39, 0.29) is 11.7 Å². The van der Waals surface area contributed by atoms with Crippen LogP contribution in [0.4, 0.5) is 10.1 Å². The van der Waals surface area contributed by atoms with Crippen LogP contribution in [-0.4, -0.2) is 48.5 Å². The van der Waals surface area contributed by atoms with E-state index in [1.165, 1.54) is 12.1 Å². The van der Waals surface area contributed by atoms with Crippen molar-refractivity contribution in [2.24, 2.45) is 0 Å². The number of benzene rings is 1. The lowest BCUT2D eigenvalue weighted by Gasteiger charge is -2.36. The number of amides is 1. The number of thioether (sulfide) groups is 1. The number of nitrogens with zero attached hydrogens (tertiary/aromatic N) is 2. The van der Waals surface area contributed by atoms with Crippen LogP contribution in [0, 0.1) is 5.82 Å². The maximum atomic E-state index is 12.9. The average molecular weight is 296 g/mol. The highest BCUT2D eigenvalue weighted by Crippen LogP contribution is 2.17. The summed E-state index contributed by atoms with van der Waals surface area (Å²) in [5, 5.41) is 0. The van der Waals surface area contributed by atoms with Gasteiger partial charge in [0, 0.05) is 31.9 Å². The van der Waals surface area contributed by atoms with Gasteiger partial charge in [-0.3, -0.25) is 4.79 Å². The van der Waals surface area contributed by atoms with Crippen molar-refractivity contribution in [3.8, 4) is 0 Å². The van der Waals surface area contributed by atoms with E-state index in [9.17, 15) is 9.18 Å². The third-order valence-corrected chi connectivity index (χ3v) is 4.55. The number of hydrogen-bond acceptors (Lipinski definition) is 3. The van der Waals surface area contributed by atoms with E-state index in [0.717, 1.165) is 44.0 Å². The van der Waals surface area contributed by atoms with Crippen LogP contribution >= 0.6 is 11.8 Å². The molecule has 1 fully saturated rings. The Morgan fingerprint density at radius 1 is 1.20 bits per heavy atom. The molecule has 0 aliphatic carbocycles. The van der Waals surface area contributed by atoms with Crippen molar-refractivity contribution in [3.05, 3.63) is 30.1 Å². The van der Waals surface area contributed by atoms with Gasteiger partial charge in [-0.2, -0.15) is 11.8 Å². The van der Waals surface area contributed by atoms with Gasteiger partial charge < -0.3 is 9.80 Å². The Kier molecular flexibility index (Phi) is 5.71. The van der Waals surface area contributed by atoms with E-state index in [0.29, 0.717) is 5.75 Å². The second kappa shape index (κ2) is 7.53. The van der Waals surface area contributed by atoms with Gasteiger partial charge in [0.2, 0.25) is 5.91 Å². The van der Waals surface area contributed by atoms with Crippen molar-refractivity contribution in [2.75, 3.05) is 42.6 Å². The lowest BCUT2D eigenvalue weighted by atomic mass is 10.2. The standard InChI is InChI=1S/C15H21FN2OS/c1-2-11-20-12-15(19)18-9-7-17(8-10-18)14-5-3-13(16)4-6-14/h3-6H,2,7-12H2,1H3. The number of hydrogen-bond donors (Lipinski definition) is 0. The van der Waals surface area contributed by atoms with Crippen LogP contribution in [-0.2, 0) is 4.79 Å². The van der Waals surface area contributed by atoms with Gasteiger partial charge in [0.05, 0.1) is 5.75 Å². The first-order valence-electron chi connectivity index (χ1n) is 7.06. The number of carbonyl (C=O) groups is 1. The Bertz CT molecular complexity index is 430. The monoisotopic (exact) mass is 296 g/mol. The van der Waals surface area contributed by atoms with Crippen molar-refractivity contribution in [1.82, 2.24) is 4.90 Å². The van der Waals surface area contributed by atoms with E-state index >= 15 is 0 Å². The molecule has 1 aliphatic heterocycles. The maximum Gasteiger partial charge on any atom is 0.232 e. The molecule has 1 amide bonds. The van der Waals surface area contributed by atoms with Crippen LogP contribution in [0.5, 0.6) is 0 Å². The summed E-state index contributed by atoms with van der Waals surface area (Å²) in [5.41, 5.74) is 1.03. The molecule has 5 heteroatoms. The molecular formula is C15H21FN2OS. The van der Waals surface area contributed by atoms with Crippen molar-refractivity contribution >= 4 is 23.4 Å². The molecule has 0 aromatic heterocycles. The average Bonchev–Trinajstić information content (AvgIpc) is 2.48. The molecule has 110 valence electrons. The summed E-state index contributed by atoms with van der Waals surface area (Å²) in [5.74, 6) is 1.66. The Labute approximate surface area is 124 Å². The van der Waals surface area contributed by atoms with Gasteiger partial charge in [-0.25, -0.2) is 4.39 Å². The normalized spacial score (nSPS) is 15.5. The van der Waals surface area contributed by atoms with E-state index < -0.39 is 0 Å². The van der Waals surface area contributed by atoms with Gasteiger partial charge in [0.25, 0.3) is 0 Å². The third-order valence-electron chi connectivity index (χ3n) is 3.40. The number of piperazine rings is 1. The first-order chi connectivity index (χ1) is 9.70. The maximum absolute atomic E-state index is 12.9. The summed E-state index contributed by atoms with van der Waals surface area (Å²) in [6, 6.07) is 6.55. The van der Waals surface area contributed by atoms with E-state index in [4.69, 9.17) is 0 Å². The number of rotatable bonds is 5. The van der Waals surface area contributed by atoms with Crippen LogP contribution in [0.1, 0.15) is 13.3 Å². The molecule has 0 spiro atoms. The Balaban J connectivity index is 1.80. The van der Waals surface area contributed by atoms with Crippen molar-refractivity contribution in [2.45, 2.75) is 13.3 Å². The van der Waals surface area contributed by atoms with E-state index in [1.807, 2.05) is 4.90 Å². The SMILES string of the molecule is CCCSCC(=O)N1CCN(c2ccc(F)cc2)CC1. The molecular weight excluding hydrogens is 275 g/mol. The van der Waals surface area contributed by atoms with Crippen LogP contribution in [0.15, 0.2) is 24.3 Å². The molecule has 0 atom stereocenters. The topological polar surface area (TPSA) is 23.6 Å². The highest BCUT2D eigenvalue weighted by atomic mass is 32.2. The molecule has 1 saturated heterocycles. The summed E-state index contributed by atoms with van der Waals surface area (Å²) >= 11 is 1.71. The lowest BCUT2D eigenvalue weighted by Crippen LogP contribution is -2.49. The van der Waals surface area contributed by atoms with Gasteiger partial charge in [-0.15, -0.1) is 0 Å². The summed E-state index contributed by atoms with van der Waals surface area (Å²) < 4.78 is 12.9.